The molecule has 0 aliphatic heterocycles. The average molecular weight is 247 g/mol. The molecular weight excluding hydrogens is 235 g/mol. The number of methoxy groups -OCH3 is 1. The number of hydrogen-bond donors (Lipinski definition) is 0. The number of esters is 1. The van der Waals surface area contributed by atoms with E-state index in [0.717, 1.165) is 16.7 Å². The third kappa shape index (κ3) is 2.86. The highest BCUT2D eigenvalue weighted by Crippen LogP contribution is 2.25. The van der Waals surface area contributed by atoms with Gasteiger partial charge in [-0.15, -0.1) is 11.6 Å². The van der Waals surface area contributed by atoms with Crippen molar-refractivity contribution < 1.29 is 9.53 Å². The zero-order chi connectivity index (χ0) is 11.4. The van der Waals surface area contributed by atoms with Gasteiger partial charge >= 0.3 is 5.97 Å². The summed E-state index contributed by atoms with van der Waals surface area (Å²) in [5.74, 6) is 0.0347. The molecule has 1 aromatic rings. The van der Waals surface area contributed by atoms with Gasteiger partial charge in [-0.3, -0.25) is 4.79 Å². The highest BCUT2D eigenvalue weighted by molar-refractivity contribution is 6.31. The van der Waals surface area contributed by atoms with Gasteiger partial charge in [0.1, 0.15) is 0 Å². The van der Waals surface area contributed by atoms with E-state index in [0.29, 0.717) is 10.9 Å². The predicted molar refractivity (Wildman–Crippen MR) is 61.5 cm³/mol. The fourth-order valence-electron chi connectivity index (χ4n) is 1.38. The van der Waals surface area contributed by atoms with Crippen LogP contribution in [0.1, 0.15) is 16.7 Å². The van der Waals surface area contributed by atoms with Crippen LogP contribution in [0.15, 0.2) is 12.1 Å². The van der Waals surface area contributed by atoms with E-state index in [9.17, 15) is 4.79 Å². The Morgan fingerprint density at radius 3 is 2.60 bits per heavy atom. The van der Waals surface area contributed by atoms with E-state index in [2.05, 4.69) is 4.74 Å². The molecular formula is C11H12Cl2O2. The first-order valence-corrected chi connectivity index (χ1v) is 5.41. The number of carbonyl (C=O) groups is 1. The summed E-state index contributed by atoms with van der Waals surface area (Å²) < 4.78 is 4.61. The maximum atomic E-state index is 11.2. The number of benzene rings is 1. The fraction of sp³-hybridized carbons (Fsp3) is 0.364. The minimum Gasteiger partial charge on any atom is -0.469 e. The lowest BCUT2D eigenvalue weighted by Crippen LogP contribution is -2.08. The lowest BCUT2D eigenvalue weighted by atomic mass is 10.0. The molecule has 4 heteroatoms. The molecule has 0 heterocycles. The first-order valence-electron chi connectivity index (χ1n) is 4.49. The molecule has 0 N–H and O–H groups in total. The molecule has 0 spiro atoms. The lowest BCUT2D eigenvalue weighted by Gasteiger charge is -2.11. The summed E-state index contributed by atoms with van der Waals surface area (Å²) >= 11 is 11.8. The lowest BCUT2D eigenvalue weighted by molar-refractivity contribution is -0.139. The molecule has 2 nitrogen and oxygen atoms in total. The van der Waals surface area contributed by atoms with Gasteiger partial charge in [-0.05, 0) is 29.7 Å². The Kier molecular flexibility index (Phi) is 4.43. The molecule has 0 aliphatic carbocycles. The van der Waals surface area contributed by atoms with Crippen LogP contribution in [0.5, 0.6) is 0 Å². The van der Waals surface area contributed by atoms with Crippen molar-refractivity contribution in [1.29, 1.82) is 0 Å². The van der Waals surface area contributed by atoms with Crippen LogP contribution in [-0.2, 0) is 21.8 Å². The second-order valence-corrected chi connectivity index (χ2v) is 3.88. The minimum absolute atomic E-state index is 0.166. The van der Waals surface area contributed by atoms with Crippen LogP contribution in [0.3, 0.4) is 0 Å². The number of carbonyl (C=O) groups excluding carboxylic acids is 1. The van der Waals surface area contributed by atoms with E-state index < -0.39 is 0 Å². The number of rotatable bonds is 3. The van der Waals surface area contributed by atoms with Crippen molar-refractivity contribution in [2.75, 3.05) is 7.11 Å². The second-order valence-electron chi connectivity index (χ2n) is 3.21. The van der Waals surface area contributed by atoms with E-state index in [4.69, 9.17) is 23.2 Å². The molecule has 1 aromatic carbocycles. The van der Waals surface area contributed by atoms with Gasteiger partial charge in [-0.2, -0.15) is 0 Å². The van der Waals surface area contributed by atoms with Crippen molar-refractivity contribution in [3.05, 3.63) is 33.8 Å². The molecule has 82 valence electrons. The molecule has 0 aromatic heterocycles. The van der Waals surface area contributed by atoms with E-state index >= 15 is 0 Å². The standard InChI is InChI=1S/C11H12Cl2O2/c1-7-3-4-10(13)8(9(7)6-12)5-11(14)15-2/h3-4H,5-6H2,1-2H3. The van der Waals surface area contributed by atoms with Crippen molar-refractivity contribution >= 4 is 29.2 Å². The molecule has 0 radical (unpaired) electrons. The summed E-state index contributed by atoms with van der Waals surface area (Å²) in [5, 5.41) is 0.557. The fourth-order valence-corrected chi connectivity index (χ4v) is 1.99. The van der Waals surface area contributed by atoms with Gasteiger partial charge in [0.05, 0.1) is 13.5 Å². The Balaban J connectivity index is 3.13. The molecule has 0 fully saturated rings. The number of ether oxygens (including phenoxy) is 1. The zero-order valence-corrected chi connectivity index (χ0v) is 10.2. The second kappa shape index (κ2) is 5.38. The number of hydrogen-bond acceptors (Lipinski definition) is 2. The van der Waals surface area contributed by atoms with Gasteiger partial charge in [-0.25, -0.2) is 0 Å². The Morgan fingerprint density at radius 2 is 2.07 bits per heavy atom. The Bertz CT molecular complexity index is 375. The van der Waals surface area contributed by atoms with E-state index in [1.54, 1.807) is 6.07 Å². The normalized spacial score (nSPS) is 10.1. The first kappa shape index (κ1) is 12.3. The number of alkyl halides is 1. The van der Waals surface area contributed by atoms with E-state index in [1.165, 1.54) is 7.11 Å². The molecule has 0 unspecified atom stereocenters. The molecule has 0 atom stereocenters. The zero-order valence-electron chi connectivity index (χ0n) is 8.64. The van der Waals surface area contributed by atoms with Gasteiger partial charge in [0.2, 0.25) is 0 Å². The molecule has 0 bridgehead atoms. The predicted octanol–water partition coefficient (Wildman–Crippen LogP) is 3.10. The first-order chi connectivity index (χ1) is 7.10. The number of halogens is 2. The van der Waals surface area contributed by atoms with E-state index in [-0.39, 0.29) is 12.4 Å². The van der Waals surface area contributed by atoms with Crippen LogP contribution in [0.25, 0.3) is 0 Å². The quantitative estimate of drug-likeness (QED) is 0.606. The monoisotopic (exact) mass is 246 g/mol. The average Bonchev–Trinajstić information content (AvgIpc) is 2.23. The summed E-state index contributed by atoms with van der Waals surface area (Å²) in [6.45, 7) is 1.94. The van der Waals surface area contributed by atoms with Gasteiger partial charge in [-0.1, -0.05) is 17.7 Å². The smallest absolute Gasteiger partial charge is 0.310 e. The minimum atomic E-state index is -0.311. The van der Waals surface area contributed by atoms with Gasteiger partial charge in [0.15, 0.2) is 0 Å². The van der Waals surface area contributed by atoms with Crippen molar-refractivity contribution in [3.8, 4) is 0 Å². The third-order valence-electron chi connectivity index (χ3n) is 2.29. The summed E-state index contributed by atoms with van der Waals surface area (Å²) in [6, 6.07) is 3.66. The van der Waals surface area contributed by atoms with Gasteiger partial charge < -0.3 is 4.74 Å². The Hall–Kier alpha value is -0.730. The Morgan fingerprint density at radius 1 is 1.40 bits per heavy atom. The summed E-state index contributed by atoms with van der Waals surface area (Å²) in [4.78, 5) is 11.2. The van der Waals surface area contributed by atoms with Gasteiger partial charge in [0.25, 0.3) is 0 Å². The van der Waals surface area contributed by atoms with Crippen LogP contribution in [0.2, 0.25) is 5.02 Å². The topological polar surface area (TPSA) is 26.3 Å². The number of aryl methyl sites for hydroxylation is 1. The highest BCUT2D eigenvalue weighted by atomic mass is 35.5. The molecule has 0 saturated carbocycles. The third-order valence-corrected chi connectivity index (χ3v) is 2.91. The molecule has 0 saturated heterocycles. The largest absolute Gasteiger partial charge is 0.469 e. The van der Waals surface area contributed by atoms with Crippen molar-refractivity contribution in [2.45, 2.75) is 19.2 Å². The van der Waals surface area contributed by atoms with Crippen molar-refractivity contribution in [3.63, 3.8) is 0 Å². The van der Waals surface area contributed by atoms with Crippen LogP contribution in [-0.4, -0.2) is 13.1 Å². The van der Waals surface area contributed by atoms with Crippen LogP contribution in [0.4, 0.5) is 0 Å². The van der Waals surface area contributed by atoms with Crippen LogP contribution >= 0.6 is 23.2 Å². The SMILES string of the molecule is COC(=O)Cc1c(Cl)ccc(C)c1CCl. The van der Waals surface area contributed by atoms with Crippen LogP contribution < -0.4 is 0 Å². The molecule has 0 aliphatic rings. The van der Waals surface area contributed by atoms with Crippen molar-refractivity contribution in [1.82, 2.24) is 0 Å². The summed E-state index contributed by atoms with van der Waals surface area (Å²) in [5.41, 5.74) is 2.71. The maximum absolute atomic E-state index is 11.2. The molecule has 15 heavy (non-hydrogen) atoms. The van der Waals surface area contributed by atoms with Crippen molar-refractivity contribution in [2.24, 2.45) is 0 Å². The van der Waals surface area contributed by atoms with Crippen LogP contribution in [0, 0.1) is 6.92 Å². The highest BCUT2D eigenvalue weighted by Gasteiger charge is 2.13. The molecule has 1 rings (SSSR count). The van der Waals surface area contributed by atoms with E-state index in [1.807, 2.05) is 13.0 Å². The summed E-state index contributed by atoms with van der Waals surface area (Å²) in [7, 11) is 1.35. The molecule has 0 amide bonds. The summed E-state index contributed by atoms with van der Waals surface area (Å²) in [6.07, 6.45) is 0.166. The maximum Gasteiger partial charge on any atom is 0.310 e. The van der Waals surface area contributed by atoms with Gasteiger partial charge in [0, 0.05) is 10.9 Å². The Labute approximate surface area is 99.1 Å².